The molecule has 2 N–H and O–H groups in total. The molecule has 11 heteroatoms. The third-order valence-electron chi connectivity index (χ3n) is 7.26. The maximum absolute atomic E-state index is 15.6. The number of alkyl halides is 1. The summed E-state index contributed by atoms with van der Waals surface area (Å²) in [4.78, 5) is 18.5. The molecule has 0 saturated carbocycles. The molecule has 1 atom stereocenters. The van der Waals surface area contributed by atoms with Crippen molar-refractivity contribution in [3.63, 3.8) is 0 Å². The van der Waals surface area contributed by atoms with Crippen molar-refractivity contribution >= 4 is 34.2 Å². The SMILES string of the molecule is COc1ccc2ncc(Cl)c([C@H](F)CCC3(C(=O)O)CCN(CCNc4c(F)cc(F)cc4F)CC3)c2c1. The van der Waals surface area contributed by atoms with Gasteiger partial charge in [-0.1, -0.05) is 11.6 Å². The lowest BCUT2D eigenvalue weighted by molar-refractivity contribution is -0.153. The fourth-order valence-corrected chi connectivity index (χ4v) is 5.26. The molecule has 1 aliphatic rings. The minimum absolute atomic E-state index is 0.0347. The van der Waals surface area contributed by atoms with Gasteiger partial charge in [-0.15, -0.1) is 0 Å². The smallest absolute Gasteiger partial charge is 0.309 e. The lowest BCUT2D eigenvalue weighted by atomic mass is 9.74. The Morgan fingerprint density at radius 3 is 2.53 bits per heavy atom. The number of benzene rings is 2. The summed E-state index contributed by atoms with van der Waals surface area (Å²) in [6.45, 7) is 1.44. The molecule has 3 aromatic rings. The normalized spacial score (nSPS) is 16.4. The topological polar surface area (TPSA) is 74.7 Å². The van der Waals surface area contributed by atoms with Crippen molar-refractivity contribution in [3.05, 3.63) is 64.6 Å². The molecule has 1 saturated heterocycles. The van der Waals surface area contributed by atoms with Crippen molar-refractivity contribution in [2.75, 3.05) is 38.6 Å². The number of aromatic nitrogens is 1. The summed E-state index contributed by atoms with van der Waals surface area (Å²) < 4.78 is 61.6. The highest BCUT2D eigenvalue weighted by Crippen LogP contribution is 2.42. The van der Waals surface area contributed by atoms with E-state index in [9.17, 15) is 23.1 Å². The number of aliphatic carboxylic acids is 1. The van der Waals surface area contributed by atoms with E-state index in [2.05, 4.69) is 10.3 Å². The molecule has 0 radical (unpaired) electrons. The zero-order chi connectivity index (χ0) is 27.4. The minimum atomic E-state index is -1.50. The Morgan fingerprint density at radius 1 is 1.21 bits per heavy atom. The molecule has 1 aliphatic heterocycles. The molecule has 0 bridgehead atoms. The molecule has 0 unspecified atom stereocenters. The standard InChI is InChI=1S/C27H28ClF4N3O3/c1-38-17-2-3-23-18(14-17)24(19(28)15-34-23)20(30)4-5-27(26(36)37)6-9-35(10-7-27)11-8-33-25-21(31)12-16(29)13-22(25)32/h2-3,12-15,20,33H,4-11H2,1H3,(H,36,37)/t20-/m1/s1. The summed E-state index contributed by atoms with van der Waals surface area (Å²) in [5, 5.41) is 13.4. The Bertz CT molecular complexity index is 1300. The molecule has 4 rings (SSSR count). The van der Waals surface area contributed by atoms with Crippen molar-refractivity contribution in [3.8, 4) is 5.75 Å². The number of ether oxygens (including phenoxy) is 1. The highest BCUT2D eigenvalue weighted by atomic mass is 35.5. The first-order chi connectivity index (χ1) is 18.1. The number of nitrogens with zero attached hydrogens (tertiary/aromatic N) is 2. The third kappa shape index (κ3) is 5.96. The first-order valence-corrected chi connectivity index (χ1v) is 12.6. The van der Waals surface area contributed by atoms with Gasteiger partial charge >= 0.3 is 5.97 Å². The van der Waals surface area contributed by atoms with Gasteiger partial charge in [-0.3, -0.25) is 9.78 Å². The molecule has 6 nitrogen and oxygen atoms in total. The molecular weight excluding hydrogens is 526 g/mol. The quantitative estimate of drug-likeness (QED) is 0.284. The predicted octanol–water partition coefficient (Wildman–Crippen LogP) is 6.38. The summed E-state index contributed by atoms with van der Waals surface area (Å²) in [6, 6.07) is 6.30. The van der Waals surface area contributed by atoms with Crippen molar-refractivity contribution in [1.29, 1.82) is 0 Å². The number of anilines is 1. The number of nitrogens with one attached hydrogen (secondary N) is 1. The van der Waals surface area contributed by atoms with Crippen LogP contribution in [0.1, 0.15) is 37.4 Å². The fourth-order valence-electron chi connectivity index (χ4n) is 4.99. The van der Waals surface area contributed by atoms with Crippen LogP contribution in [0.5, 0.6) is 5.75 Å². The predicted molar refractivity (Wildman–Crippen MR) is 137 cm³/mol. The van der Waals surface area contributed by atoms with Crippen LogP contribution in [-0.2, 0) is 4.79 Å². The Kier molecular flexibility index (Phi) is 8.62. The molecular formula is C27H28ClF4N3O3. The maximum Gasteiger partial charge on any atom is 0.309 e. The maximum atomic E-state index is 15.6. The Balaban J connectivity index is 1.37. The van der Waals surface area contributed by atoms with Gasteiger partial charge in [0.2, 0.25) is 0 Å². The number of fused-ring (bicyclic) bond motifs is 1. The number of carbonyl (C=O) groups is 1. The molecule has 1 fully saturated rings. The molecule has 0 aliphatic carbocycles. The average Bonchev–Trinajstić information content (AvgIpc) is 2.89. The van der Waals surface area contributed by atoms with E-state index in [-0.39, 0.29) is 30.0 Å². The molecule has 1 aromatic heterocycles. The van der Waals surface area contributed by atoms with E-state index in [4.69, 9.17) is 16.3 Å². The van der Waals surface area contributed by atoms with Crippen LogP contribution >= 0.6 is 11.6 Å². The third-order valence-corrected chi connectivity index (χ3v) is 7.56. The van der Waals surface area contributed by atoms with E-state index in [1.165, 1.54) is 13.3 Å². The van der Waals surface area contributed by atoms with Gasteiger partial charge in [0.05, 0.1) is 23.1 Å². The van der Waals surface area contributed by atoms with Gasteiger partial charge in [0.25, 0.3) is 0 Å². The lowest BCUT2D eigenvalue weighted by Gasteiger charge is -2.39. The molecule has 38 heavy (non-hydrogen) atoms. The van der Waals surface area contributed by atoms with Crippen LogP contribution in [-0.4, -0.2) is 54.2 Å². The Labute approximate surface area is 222 Å². The second-order valence-electron chi connectivity index (χ2n) is 9.51. The van der Waals surface area contributed by atoms with Gasteiger partial charge < -0.3 is 20.1 Å². The van der Waals surface area contributed by atoms with E-state index in [0.29, 0.717) is 61.3 Å². The fraction of sp³-hybridized carbons (Fsp3) is 0.407. The number of halogens is 5. The van der Waals surface area contributed by atoms with Gasteiger partial charge in [0, 0.05) is 42.4 Å². The molecule has 0 spiro atoms. The number of hydrogen-bond acceptors (Lipinski definition) is 5. The van der Waals surface area contributed by atoms with E-state index >= 15 is 4.39 Å². The van der Waals surface area contributed by atoms with Crippen LogP contribution in [0.25, 0.3) is 10.9 Å². The van der Waals surface area contributed by atoms with Gasteiger partial charge in [0.15, 0.2) is 11.6 Å². The lowest BCUT2D eigenvalue weighted by Crippen LogP contribution is -2.45. The van der Waals surface area contributed by atoms with Gasteiger partial charge in [0.1, 0.15) is 23.4 Å². The highest BCUT2D eigenvalue weighted by Gasteiger charge is 2.41. The first kappa shape index (κ1) is 27.9. The van der Waals surface area contributed by atoms with Gasteiger partial charge in [-0.05, 0) is 57.0 Å². The number of carboxylic acids is 1. The zero-order valence-corrected chi connectivity index (χ0v) is 21.5. The Hall–Kier alpha value is -3.11. The summed E-state index contributed by atoms with van der Waals surface area (Å²) in [7, 11) is 1.50. The van der Waals surface area contributed by atoms with Gasteiger partial charge in [-0.2, -0.15) is 0 Å². The summed E-state index contributed by atoms with van der Waals surface area (Å²) in [5.74, 6) is -3.49. The minimum Gasteiger partial charge on any atom is -0.497 e. The number of carboxylic acid groups (broad SMARTS) is 1. The highest BCUT2D eigenvalue weighted by molar-refractivity contribution is 6.32. The van der Waals surface area contributed by atoms with Crippen LogP contribution in [0.4, 0.5) is 23.2 Å². The van der Waals surface area contributed by atoms with Crippen LogP contribution in [0.15, 0.2) is 36.5 Å². The number of hydrogen-bond donors (Lipinski definition) is 2. The van der Waals surface area contributed by atoms with Crippen molar-refractivity contribution < 1.29 is 32.2 Å². The number of rotatable bonds is 10. The average molecular weight is 554 g/mol. The van der Waals surface area contributed by atoms with Crippen LogP contribution in [0.2, 0.25) is 5.02 Å². The molecule has 2 heterocycles. The summed E-state index contributed by atoms with van der Waals surface area (Å²) in [5.41, 5.74) is -0.684. The van der Waals surface area contributed by atoms with Crippen LogP contribution < -0.4 is 10.1 Å². The zero-order valence-electron chi connectivity index (χ0n) is 20.7. The number of piperidine rings is 1. The number of likely N-dealkylation sites (tertiary alicyclic amines) is 1. The number of pyridine rings is 1. The van der Waals surface area contributed by atoms with Crippen molar-refractivity contribution in [2.45, 2.75) is 31.9 Å². The largest absolute Gasteiger partial charge is 0.497 e. The second-order valence-corrected chi connectivity index (χ2v) is 9.91. The van der Waals surface area contributed by atoms with Crippen molar-refractivity contribution in [2.24, 2.45) is 5.41 Å². The summed E-state index contributed by atoms with van der Waals surface area (Å²) >= 11 is 6.31. The first-order valence-electron chi connectivity index (χ1n) is 12.2. The molecule has 0 amide bonds. The van der Waals surface area contributed by atoms with E-state index in [1.807, 2.05) is 4.90 Å². The monoisotopic (exact) mass is 553 g/mol. The van der Waals surface area contributed by atoms with Crippen molar-refractivity contribution in [1.82, 2.24) is 9.88 Å². The second kappa shape index (κ2) is 11.7. The van der Waals surface area contributed by atoms with E-state index in [1.54, 1.807) is 18.2 Å². The van der Waals surface area contributed by atoms with Crippen LogP contribution in [0, 0.1) is 22.9 Å². The molecule has 204 valence electrons. The van der Waals surface area contributed by atoms with E-state index in [0.717, 1.165) is 0 Å². The number of methoxy groups -OCH3 is 1. The Morgan fingerprint density at radius 2 is 1.89 bits per heavy atom. The van der Waals surface area contributed by atoms with Gasteiger partial charge in [-0.25, -0.2) is 17.6 Å². The molecule has 2 aromatic carbocycles. The van der Waals surface area contributed by atoms with Crippen LogP contribution in [0.3, 0.4) is 0 Å². The van der Waals surface area contributed by atoms with E-state index < -0.39 is 40.7 Å². The summed E-state index contributed by atoms with van der Waals surface area (Å²) in [6.07, 6.45) is 0.569.